The molecule has 1 aromatic carbocycles. The number of aliphatic hydroxyl groups excluding tert-OH is 4. The van der Waals surface area contributed by atoms with E-state index in [1.54, 1.807) is 0 Å². The van der Waals surface area contributed by atoms with E-state index in [1.807, 2.05) is 0 Å². The van der Waals surface area contributed by atoms with Crippen molar-refractivity contribution in [1.29, 1.82) is 0 Å². The van der Waals surface area contributed by atoms with Crippen LogP contribution in [0.25, 0.3) is 6.08 Å². The molecule has 42 heavy (non-hydrogen) atoms. The van der Waals surface area contributed by atoms with Crippen molar-refractivity contribution in [3.63, 3.8) is 0 Å². The molecule has 1 aromatic heterocycles. The van der Waals surface area contributed by atoms with E-state index in [9.17, 15) is 40.2 Å². The highest BCUT2D eigenvalue weighted by Gasteiger charge is 2.51. The van der Waals surface area contributed by atoms with Crippen molar-refractivity contribution in [3.8, 4) is 17.2 Å². The number of rotatable bonds is 10. The zero-order chi connectivity index (χ0) is 30.6. The maximum absolute atomic E-state index is 12.2. The molecular weight excluding hydrogens is 564 g/mol. The van der Waals surface area contributed by atoms with E-state index in [1.165, 1.54) is 38.3 Å². The van der Waals surface area contributed by atoms with E-state index in [-0.39, 0.29) is 23.0 Å². The lowest BCUT2D eigenvalue weighted by Crippen LogP contribution is -2.60. The van der Waals surface area contributed by atoms with Gasteiger partial charge in [-0.05, 0) is 30.7 Å². The predicted octanol–water partition coefficient (Wildman–Crippen LogP) is -1.43. The maximum atomic E-state index is 12.2. The predicted molar refractivity (Wildman–Crippen MR) is 138 cm³/mol. The van der Waals surface area contributed by atoms with Gasteiger partial charge in [-0.2, -0.15) is 0 Å². The van der Waals surface area contributed by atoms with Crippen LogP contribution in [0.2, 0.25) is 0 Å². The molecule has 2 saturated heterocycles. The Morgan fingerprint density at radius 3 is 2.60 bits per heavy atom. The summed E-state index contributed by atoms with van der Waals surface area (Å²) in [5.41, 5.74) is -2.08. The van der Waals surface area contributed by atoms with Crippen LogP contribution in [0.5, 0.6) is 17.2 Å². The molecule has 15 nitrogen and oxygen atoms in total. The monoisotopic (exact) mass is 596 g/mol. The molecule has 230 valence electrons. The number of carbonyl (C=O) groups excluding carboxylic acids is 1. The number of aryl methyl sites for hydroxylation is 1. The molecule has 0 aliphatic carbocycles. The molecule has 8 atom stereocenters. The molecule has 3 heterocycles. The van der Waals surface area contributed by atoms with Crippen molar-refractivity contribution in [2.75, 3.05) is 26.9 Å². The normalized spacial score (nSPS) is 31.3. The van der Waals surface area contributed by atoms with Crippen LogP contribution >= 0.6 is 0 Å². The number of phenolic OH excluding ortho intramolecular Hbond substituents is 1. The molecule has 0 radical (unpaired) electrons. The number of aliphatic hydroxyl groups is 5. The minimum atomic E-state index is -2.04. The number of phenols is 1. The second-order valence-electron chi connectivity index (χ2n) is 9.74. The summed E-state index contributed by atoms with van der Waals surface area (Å²) >= 11 is 0. The Morgan fingerprint density at radius 2 is 1.88 bits per heavy atom. The van der Waals surface area contributed by atoms with Crippen LogP contribution in [0.1, 0.15) is 11.3 Å². The summed E-state index contributed by atoms with van der Waals surface area (Å²) < 4.78 is 36.9. The van der Waals surface area contributed by atoms with E-state index in [4.69, 9.17) is 32.8 Å². The molecule has 0 saturated carbocycles. The van der Waals surface area contributed by atoms with E-state index in [0.717, 1.165) is 18.4 Å². The van der Waals surface area contributed by atoms with Crippen molar-refractivity contribution in [1.82, 2.24) is 0 Å². The van der Waals surface area contributed by atoms with Crippen molar-refractivity contribution in [2.24, 2.45) is 0 Å². The fourth-order valence-corrected chi connectivity index (χ4v) is 4.23. The quantitative estimate of drug-likeness (QED) is 0.137. The first-order valence-electron chi connectivity index (χ1n) is 12.7. The number of methoxy groups -OCH3 is 1. The third-order valence-electron chi connectivity index (χ3n) is 6.72. The Hall–Kier alpha value is -3.54. The molecule has 2 aromatic rings. The molecule has 0 amide bonds. The smallest absolute Gasteiger partial charge is 0.330 e. The molecule has 2 aliphatic rings. The Bertz CT molecular complexity index is 1320. The highest BCUT2D eigenvalue weighted by molar-refractivity contribution is 5.87. The Morgan fingerprint density at radius 1 is 1.12 bits per heavy atom. The van der Waals surface area contributed by atoms with Crippen LogP contribution in [0.15, 0.2) is 45.8 Å². The van der Waals surface area contributed by atoms with Crippen LogP contribution in [0, 0.1) is 6.92 Å². The fraction of sp³-hybridized carbons (Fsp3) is 0.481. The molecule has 4 rings (SSSR count). The van der Waals surface area contributed by atoms with E-state index < -0.39 is 79.9 Å². The van der Waals surface area contributed by atoms with Crippen molar-refractivity contribution in [3.05, 3.63) is 58.2 Å². The van der Waals surface area contributed by atoms with Gasteiger partial charge in [0.05, 0.1) is 26.6 Å². The summed E-state index contributed by atoms with van der Waals surface area (Å²) in [7, 11) is 1.38. The third kappa shape index (κ3) is 6.91. The lowest BCUT2D eigenvalue weighted by Gasteiger charge is -2.40. The second kappa shape index (κ2) is 13.2. The standard InChI is InChI=1S/C27H32O15/c1-13-23(16(29)7-8-37-13)42-25-22(33)21(32)20(31)18(41-25)10-38-26-24(34)27(35,12-40-26)11-39-19(30)6-4-14-3-5-15(28)17(9-14)36-2/h3-9,18,20-22,24-26,28,31-35H,10-12H2,1-2H3/b6-4+/t18-,20-,21+,22-,24+,25+,26-,27-/m1/s1. The summed E-state index contributed by atoms with van der Waals surface area (Å²) in [6, 6.07) is 5.50. The van der Waals surface area contributed by atoms with Gasteiger partial charge in [-0.15, -0.1) is 0 Å². The molecule has 2 fully saturated rings. The van der Waals surface area contributed by atoms with Gasteiger partial charge in [0, 0.05) is 12.1 Å². The summed E-state index contributed by atoms with van der Waals surface area (Å²) in [5, 5.41) is 62.0. The highest BCUT2D eigenvalue weighted by atomic mass is 16.7. The number of aromatic hydroxyl groups is 1. The number of carbonyl (C=O) groups is 1. The second-order valence-corrected chi connectivity index (χ2v) is 9.74. The molecule has 0 spiro atoms. The SMILES string of the molecule is COc1cc(/C=C/C(=O)OC[C@@]2(O)CO[C@@H](OC[C@H]3O[C@@H](Oc4c(C)occc4=O)[C@H](O)[C@@H](O)[C@@H]3O)[C@@H]2O)ccc1O. The van der Waals surface area contributed by atoms with E-state index in [2.05, 4.69) is 0 Å². The van der Waals surface area contributed by atoms with Gasteiger partial charge in [-0.1, -0.05) is 6.07 Å². The topological polar surface area (TPSA) is 224 Å². The first-order chi connectivity index (χ1) is 19.9. The van der Waals surface area contributed by atoms with Gasteiger partial charge in [-0.25, -0.2) is 4.79 Å². The van der Waals surface area contributed by atoms with Gasteiger partial charge in [0.2, 0.25) is 17.5 Å². The van der Waals surface area contributed by atoms with Crippen molar-refractivity contribution in [2.45, 2.75) is 55.6 Å². The lowest BCUT2D eigenvalue weighted by atomic mass is 9.99. The lowest BCUT2D eigenvalue weighted by molar-refractivity contribution is -0.289. The minimum absolute atomic E-state index is 0.0747. The molecule has 0 bridgehead atoms. The molecule has 2 aliphatic heterocycles. The van der Waals surface area contributed by atoms with Crippen molar-refractivity contribution >= 4 is 12.0 Å². The zero-order valence-electron chi connectivity index (χ0n) is 22.6. The zero-order valence-corrected chi connectivity index (χ0v) is 22.6. The van der Waals surface area contributed by atoms with Crippen LogP contribution in [-0.2, 0) is 23.7 Å². The summed E-state index contributed by atoms with van der Waals surface area (Å²) in [6.07, 6.45) is -7.60. The largest absolute Gasteiger partial charge is 0.504 e. The maximum Gasteiger partial charge on any atom is 0.330 e. The number of hydrogen-bond donors (Lipinski definition) is 6. The Kier molecular flexibility index (Phi) is 9.85. The Balaban J connectivity index is 1.31. The van der Waals surface area contributed by atoms with Crippen LogP contribution in [-0.4, -0.2) is 112 Å². The fourth-order valence-electron chi connectivity index (χ4n) is 4.23. The minimum Gasteiger partial charge on any atom is -0.504 e. The van der Waals surface area contributed by atoms with Gasteiger partial charge in [0.1, 0.15) is 42.9 Å². The third-order valence-corrected chi connectivity index (χ3v) is 6.72. The number of benzene rings is 1. The highest BCUT2D eigenvalue weighted by Crippen LogP contribution is 2.30. The number of hydrogen-bond acceptors (Lipinski definition) is 15. The number of esters is 1. The average Bonchev–Trinajstić information content (AvgIpc) is 3.25. The Labute approximate surface area is 238 Å². The van der Waals surface area contributed by atoms with Gasteiger partial charge >= 0.3 is 5.97 Å². The van der Waals surface area contributed by atoms with Gasteiger partial charge in [0.25, 0.3) is 0 Å². The average molecular weight is 597 g/mol. The first-order valence-corrected chi connectivity index (χ1v) is 12.7. The van der Waals surface area contributed by atoms with Gasteiger partial charge in [-0.3, -0.25) is 4.79 Å². The first kappa shape index (κ1) is 31.4. The number of ether oxygens (including phenoxy) is 6. The van der Waals surface area contributed by atoms with Crippen LogP contribution in [0.3, 0.4) is 0 Å². The summed E-state index contributed by atoms with van der Waals surface area (Å²) in [4.78, 5) is 24.3. The van der Waals surface area contributed by atoms with E-state index in [0.29, 0.717) is 5.56 Å². The van der Waals surface area contributed by atoms with Crippen molar-refractivity contribution < 1.29 is 68.3 Å². The molecule has 6 N–H and O–H groups in total. The summed E-state index contributed by atoms with van der Waals surface area (Å²) in [5.74, 6) is -0.890. The van der Waals surface area contributed by atoms with Crippen LogP contribution < -0.4 is 14.9 Å². The van der Waals surface area contributed by atoms with Gasteiger partial charge < -0.3 is 63.5 Å². The van der Waals surface area contributed by atoms with E-state index >= 15 is 0 Å². The van der Waals surface area contributed by atoms with Crippen LogP contribution in [0.4, 0.5) is 0 Å². The molecule has 15 heteroatoms. The molecule has 0 unspecified atom stereocenters. The van der Waals surface area contributed by atoms with Gasteiger partial charge in [0.15, 0.2) is 23.4 Å². The summed E-state index contributed by atoms with van der Waals surface area (Å²) in [6.45, 7) is -0.199. The molecular formula is C27H32O15.